The topological polar surface area (TPSA) is 52.9 Å². The molecule has 1 aromatic heterocycles. The van der Waals surface area contributed by atoms with Crippen LogP contribution in [0.15, 0.2) is 17.2 Å². The Bertz CT molecular complexity index is 508. The van der Waals surface area contributed by atoms with Crippen molar-refractivity contribution in [3.05, 3.63) is 22.9 Å². The predicted molar refractivity (Wildman–Crippen MR) is 70.0 cm³/mol. The van der Waals surface area contributed by atoms with E-state index < -0.39 is 0 Å². The molecule has 0 bridgehead atoms. The molecule has 1 heterocycles. The van der Waals surface area contributed by atoms with E-state index >= 15 is 0 Å². The maximum absolute atomic E-state index is 12.1. The van der Waals surface area contributed by atoms with Crippen molar-refractivity contribution in [1.29, 1.82) is 0 Å². The summed E-state index contributed by atoms with van der Waals surface area (Å²) in [5.41, 5.74) is 5.91. The van der Waals surface area contributed by atoms with E-state index in [9.17, 15) is 4.79 Å². The summed E-state index contributed by atoms with van der Waals surface area (Å²) in [5, 5.41) is 0. The Morgan fingerprint density at radius 1 is 1.47 bits per heavy atom. The van der Waals surface area contributed by atoms with Crippen LogP contribution in [0.4, 0.5) is 0 Å². The van der Waals surface area contributed by atoms with Gasteiger partial charge in [-0.25, -0.2) is 4.79 Å². The van der Waals surface area contributed by atoms with Crippen molar-refractivity contribution in [2.45, 2.75) is 44.7 Å². The Labute approximate surface area is 105 Å². The SMILES string of the molecule is NC(=S)CC1(Cn2ccn(C3CC3)c2=O)CC1. The molecule has 0 spiro atoms. The van der Waals surface area contributed by atoms with Crippen LogP contribution in [-0.2, 0) is 6.54 Å². The minimum Gasteiger partial charge on any atom is -0.393 e. The van der Waals surface area contributed by atoms with Gasteiger partial charge in [-0.05, 0) is 31.1 Å². The van der Waals surface area contributed by atoms with Crippen LogP contribution in [0.1, 0.15) is 38.1 Å². The Morgan fingerprint density at radius 2 is 2.18 bits per heavy atom. The summed E-state index contributed by atoms with van der Waals surface area (Å²) in [6.45, 7) is 0.767. The zero-order chi connectivity index (χ0) is 12.0. The predicted octanol–water partition coefficient (Wildman–Crippen LogP) is 1.44. The molecule has 92 valence electrons. The normalized spacial score (nSPS) is 21.4. The van der Waals surface area contributed by atoms with E-state index in [4.69, 9.17) is 18.0 Å². The molecule has 2 saturated carbocycles. The van der Waals surface area contributed by atoms with Crippen LogP contribution in [0.5, 0.6) is 0 Å². The number of rotatable bonds is 5. The Hall–Kier alpha value is -1.10. The summed E-state index contributed by atoms with van der Waals surface area (Å²) in [6.07, 6.45) is 9.13. The van der Waals surface area contributed by atoms with Crippen LogP contribution in [0.25, 0.3) is 0 Å². The van der Waals surface area contributed by atoms with Crippen LogP contribution in [0, 0.1) is 5.41 Å². The quantitative estimate of drug-likeness (QED) is 0.806. The van der Waals surface area contributed by atoms with Gasteiger partial charge < -0.3 is 5.73 Å². The fourth-order valence-electron chi connectivity index (χ4n) is 2.48. The second-order valence-corrected chi connectivity index (χ2v) is 6.01. The van der Waals surface area contributed by atoms with Gasteiger partial charge in [-0.3, -0.25) is 9.13 Å². The molecule has 0 atom stereocenters. The summed E-state index contributed by atoms with van der Waals surface area (Å²) in [6, 6.07) is 0.453. The second-order valence-electron chi connectivity index (χ2n) is 5.49. The van der Waals surface area contributed by atoms with Crippen molar-refractivity contribution in [1.82, 2.24) is 9.13 Å². The van der Waals surface area contributed by atoms with Gasteiger partial charge in [-0.1, -0.05) is 12.2 Å². The molecular weight excluding hydrogens is 234 g/mol. The third-order valence-electron chi connectivity index (χ3n) is 3.83. The minimum absolute atomic E-state index is 0.127. The van der Waals surface area contributed by atoms with Crippen molar-refractivity contribution in [2.24, 2.45) is 11.1 Å². The first-order valence-electron chi connectivity index (χ1n) is 6.15. The lowest BCUT2D eigenvalue weighted by molar-refractivity contribution is 0.426. The number of hydrogen-bond acceptors (Lipinski definition) is 2. The maximum Gasteiger partial charge on any atom is 0.328 e. The third kappa shape index (κ3) is 2.16. The molecule has 2 fully saturated rings. The lowest BCUT2D eigenvalue weighted by atomic mass is 10.0. The van der Waals surface area contributed by atoms with E-state index in [0.717, 1.165) is 38.6 Å². The van der Waals surface area contributed by atoms with Gasteiger partial charge in [0, 0.05) is 31.4 Å². The number of imidazole rings is 1. The van der Waals surface area contributed by atoms with Crippen molar-refractivity contribution >= 4 is 17.2 Å². The number of thiocarbonyl (C=S) groups is 1. The standard InChI is InChI=1S/C12H17N3OS/c13-10(17)7-12(3-4-12)8-14-5-6-15(11(14)16)9-1-2-9/h5-6,9H,1-4,7-8H2,(H2,13,17). The summed E-state index contributed by atoms with van der Waals surface area (Å²) >= 11 is 4.97. The van der Waals surface area contributed by atoms with Crippen LogP contribution >= 0.6 is 12.2 Å². The molecular formula is C12H17N3OS. The molecule has 2 aliphatic carbocycles. The Balaban J connectivity index is 1.77. The van der Waals surface area contributed by atoms with Crippen LogP contribution in [0.2, 0.25) is 0 Å². The zero-order valence-electron chi connectivity index (χ0n) is 9.76. The van der Waals surface area contributed by atoms with E-state index in [1.165, 1.54) is 0 Å². The number of hydrogen-bond donors (Lipinski definition) is 1. The molecule has 0 aromatic carbocycles. The molecule has 0 aliphatic heterocycles. The van der Waals surface area contributed by atoms with Crippen LogP contribution < -0.4 is 11.4 Å². The molecule has 3 rings (SSSR count). The van der Waals surface area contributed by atoms with Gasteiger partial charge in [-0.15, -0.1) is 0 Å². The lowest BCUT2D eigenvalue weighted by Crippen LogP contribution is -2.28. The van der Waals surface area contributed by atoms with Gasteiger partial charge in [0.25, 0.3) is 0 Å². The highest BCUT2D eigenvalue weighted by Gasteiger charge is 2.43. The summed E-state index contributed by atoms with van der Waals surface area (Å²) in [4.78, 5) is 12.7. The summed E-state index contributed by atoms with van der Waals surface area (Å²) in [5.74, 6) is 0. The number of nitrogens with two attached hydrogens (primary N) is 1. The van der Waals surface area contributed by atoms with Crippen molar-refractivity contribution in [3.8, 4) is 0 Å². The highest BCUT2D eigenvalue weighted by Crippen LogP contribution is 2.50. The van der Waals surface area contributed by atoms with Gasteiger partial charge in [0.05, 0.1) is 4.99 Å². The molecule has 17 heavy (non-hydrogen) atoms. The number of aromatic nitrogens is 2. The van der Waals surface area contributed by atoms with E-state index in [-0.39, 0.29) is 11.1 Å². The van der Waals surface area contributed by atoms with Gasteiger partial charge in [0.2, 0.25) is 0 Å². The van der Waals surface area contributed by atoms with E-state index in [2.05, 4.69) is 0 Å². The molecule has 4 nitrogen and oxygen atoms in total. The molecule has 0 amide bonds. The van der Waals surface area contributed by atoms with Gasteiger partial charge in [0.15, 0.2) is 0 Å². The fourth-order valence-corrected chi connectivity index (χ4v) is 2.78. The average Bonchev–Trinajstić information content (AvgIpc) is 3.13. The number of nitrogens with zero attached hydrogens (tertiary/aromatic N) is 2. The van der Waals surface area contributed by atoms with Gasteiger partial charge in [0.1, 0.15) is 0 Å². The minimum atomic E-state index is 0.127. The second kappa shape index (κ2) is 3.70. The first kappa shape index (κ1) is 11.0. The molecule has 0 unspecified atom stereocenters. The summed E-state index contributed by atoms with van der Waals surface area (Å²) in [7, 11) is 0. The Kier molecular flexibility index (Phi) is 2.40. The van der Waals surface area contributed by atoms with E-state index in [0.29, 0.717) is 11.0 Å². The smallest absolute Gasteiger partial charge is 0.328 e. The lowest BCUT2D eigenvalue weighted by Gasteiger charge is -2.14. The molecule has 0 saturated heterocycles. The van der Waals surface area contributed by atoms with Gasteiger partial charge in [-0.2, -0.15) is 0 Å². The zero-order valence-corrected chi connectivity index (χ0v) is 10.6. The molecule has 0 radical (unpaired) electrons. The van der Waals surface area contributed by atoms with Gasteiger partial charge >= 0.3 is 5.69 Å². The monoisotopic (exact) mass is 251 g/mol. The Morgan fingerprint density at radius 3 is 2.71 bits per heavy atom. The first-order valence-corrected chi connectivity index (χ1v) is 6.56. The van der Waals surface area contributed by atoms with Crippen molar-refractivity contribution < 1.29 is 0 Å². The van der Waals surface area contributed by atoms with E-state index in [1.54, 1.807) is 0 Å². The first-order chi connectivity index (χ1) is 8.10. The largest absolute Gasteiger partial charge is 0.393 e. The average molecular weight is 251 g/mol. The highest BCUT2D eigenvalue weighted by molar-refractivity contribution is 7.80. The van der Waals surface area contributed by atoms with E-state index in [1.807, 2.05) is 21.5 Å². The maximum atomic E-state index is 12.1. The third-order valence-corrected chi connectivity index (χ3v) is 3.97. The summed E-state index contributed by atoms with van der Waals surface area (Å²) < 4.78 is 3.68. The highest BCUT2D eigenvalue weighted by atomic mass is 32.1. The molecule has 5 heteroatoms. The molecule has 1 aromatic rings. The van der Waals surface area contributed by atoms with Crippen LogP contribution in [0.3, 0.4) is 0 Å². The van der Waals surface area contributed by atoms with Crippen LogP contribution in [-0.4, -0.2) is 14.1 Å². The van der Waals surface area contributed by atoms with Crippen molar-refractivity contribution in [2.75, 3.05) is 0 Å². The molecule has 2 aliphatic rings. The molecule has 2 N–H and O–H groups in total. The van der Waals surface area contributed by atoms with Crippen molar-refractivity contribution in [3.63, 3.8) is 0 Å². The fraction of sp³-hybridized carbons (Fsp3) is 0.667.